The molecule has 1 aromatic carbocycles. The van der Waals surface area contributed by atoms with Crippen LogP contribution in [0.1, 0.15) is 25.8 Å². The van der Waals surface area contributed by atoms with E-state index < -0.39 is 0 Å². The van der Waals surface area contributed by atoms with Crippen molar-refractivity contribution in [1.29, 1.82) is 0 Å². The second-order valence-electron chi connectivity index (χ2n) is 5.43. The van der Waals surface area contributed by atoms with Gasteiger partial charge in [0.1, 0.15) is 0 Å². The molecule has 0 aliphatic carbocycles. The number of carbonyl (C=O) groups is 1. The van der Waals surface area contributed by atoms with Crippen LogP contribution in [0.2, 0.25) is 10.0 Å². The van der Waals surface area contributed by atoms with Crippen molar-refractivity contribution >= 4 is 34.8 Å². The standard InChI is InChI=1S/C18H26Cl2N2O3/c1-5-24-18(25-6-2)7-8-22(4)17(23)12-21-13(3)14-9-15(19)11-16(20)10-14/h9-11,18,21H,3,5-8,12H2,1-2,4H3. The van der Waals surface area contributed by atoms with Crippen LogP contribution in [0.15, 0.2) is 24.8 Å². The third-order valence-electron chi connectivity index (χ3n) is 3.50. The Bertz CT molecular complexity index is 555. The van der Waals surface area contributed by atoms with Crippen molar-refractivity contribution in [3.63, 3.8) is 0 Å². The lowest BCUT2D eigenvalue weighted by Crippen LogP contribution is -2.37. The summed E-state index contributed by atoms with van der Waals surface area (Å²) in [6.07, 6.45) is 0.330. The monoisotopic (exact) mass is 388 g/mol. The van der Waals surface area contributed by atoms with Gasteiger partial charge in [-0.3, -0.25) is 4.79 Å². The number of nitrogens with zero attached hydrogens (tertiary/aromatic N) is 1. The highest BCUT2D eigenvalue weighted by molar-refractivity contribution is 6.34. The van der Waals surface area contributed by atoms with Crippen LogP contribution >= 0.6 is 23.2 Å². The number of amides is 1. The number of benzene rings is 1. The maximum Gasteiger partial charge on any atom is 0.241 e. The summed E-state index contributed by atoms with van der Waals surface area (Å²) in [6.45, 7) is 9.58. The molecule has 0 aliphatic heterocycles. The highest BCUT2D eigenvalue weighted by Gasteiger charge is 2.14. The molecule has 0 saturated heterocycles. The molecule has 1 aromatic rings. The number of nitrogens with one attached hydrogen (secondary N) is 1. The predicted octanol–water partition coefficient (Wildman–Crippen LogP) is 3.80. The topological polar surface area (TPSA) is 50.8 Å². The molecule has 140 valence electrons. The van der Waals surface area contributed by atoms with Gasteiger partial charge in [0.2, 0.25) is 5.91 Å². The molecule has 7 heteroatoms. The Morgan fingerprint density at radius 1 is 1.20 bits per heavy atom. The fourth-order valence-electron chi connectivity index (χ4n) is 2.16. The molecule has 0 fully saturated rings. The molecule has 0 unspecified atom stereocenters. The van der Waals surface area contributed by atoms with Crippen molar-refractivity contribution in [3.05, 3.63) is 40.4 Å². The van der Waals surface area contributed by atoms with Crippen LogP contribution in [0.25, 0.3) is 5.70 Å². The largest absolute Gasteiger partial charge is 0.376 e. The van der Waals surface area contributed by atoms with Gasteiger partial charge in [-0.05, 0) is 37.6 Å². The number of carbonyl (C=O) groups excluding carboxylic acids is 1. The first-order chi connectivity index (χ1) is 11.9. The summed E-state index contributed by atoms with van der Waals surface area (Å²) in [5, 5.41) is 4.05. The third kappa shape index (κ3) is 8.10. The van der Waals surface area contributed by atoms with E-state index in [1.54, 1.807) is 30.1 Å². The molecule has 0 aromatic heterocycles. The summed E-state index contributed by atoms with van der Waals surface area (Å²) in [5.41, 5.74) is 1.34. The summed E-state index contributed by atoms with van der Waals surface area (Å²) in [5.74, 6) is -0.0546. The van der Waals surface area contributed by atoms with E-state index in [4.69, 9.17) is 32.7 Å². The number of hydrogen-bond donors (Lipinski definition) is 1. The molecule has 5 nitrogen and oxygen atoms in total. The van der Waals surface area contributed by atoms with Gasteiger partial charge >= 0.3 is 0 Å². The molecule has 0 saturated carbocycles. The molecule has 1 rings (SSSR count). The van der Waals surface area contributed by atoms with Gasteiger partial charge in [-0.2, -0.15) is 0 Å². The fourth-order valence-corrected chi connectivity index (χ4v) is 2.68. The van der Waals surface area contributed by atoms with Gasteiger partial charge in [-0.25, -0.2) is 0 Å². The first-order valence-electron chi connectivity index (χ1n) is 8.23. The van der Waals surface area contributed by atoms with Gasteiger partial charge in [0.25, 0.3) is 0 Å². The van der Waals surface area contributed by atoms with Crippen LogP contribution in [0, 0.1) is 0 Å². The summed E-state index contributed by atoms with van der Waals surface area (Å²) in [4.78, 5) is 13.9. The predicted molar refractivity (Wildman–Crippen MR) is 103 cm³/mol. The van der Waals surface area contributed by atoms with Crippen molar-refractivity contribution in [2.24, 2.45) is 0 Å². The Kier molecular flexibility index (Phi) is 9.90. The number of ether oxygens (including phenoxy) is 2. The van der Waals surface area contributed by atoms with Gasteiger partial charge in [0.15, 0.2) is 6.29 Å². The fraction of sp³-hybridized carbons (Fsp3) is 0.500. The van der Waals surface area contributed by atoms with Crippen molar-refractivity contribution in [1.82, 2.24) is 10.2 Å². The average molecular weight is 389 g/mol. The lowest BCUT2D eigenvalue weighted by molar-refractivity contribution is -0.145. The molecular formula is C18H26Cl2N2O3. The number of halogens is 2. The van der Waals surface area contributed by atoms with E-state index in [-0.39, 0.29) is 18.7 Å². The van der Waals surface area contributed by atoms with Gasteiger partial charge in [-0.1, -0.05) is 29.8 Å². The molecule has 0 radical (unpaired) electrons. The zero-order valence-electron chi connectivity index (χ0n) is 15.0. The SMILES string of the molecule is C=C(NCC(=O)N(C)CCC(OCC)OCC)c1cc(Cl)cc(Cl)c1. The first kappa shape index (κ1) is 21.8. The molecule has 0 heterocycles. The minimum absolute atomic E-state index is 0.0546. The molecule has 0 aliphatic rings. The molecule has 25 heavy (non-hydrogen) atoms. The molecule has 0 atom stereocenters. The Hall–Kier alpha value is -1.27. The van der Waals surface area contributed by atoms with Crippen LogP contribution in [0.4, 0.5) is 0 Å². The highest BCUT2D eigenvalue weighted by atomic mass is 35.5. The highest BCUT2D eigenvalue weighted by Crippen LogP contribution is 2.22. The van der Waals surface area contributed by atoms with Gasteiger partial charge in [0.05, 0.1) is 6.54 Å². The molecule has 0 bridgehead atoms. The van der Waals surface area contributed by atoms with E-state index in [2.05, 4.69) is 11.9 Å². The van der Waals surface area contributed by atoms with E-state index >= 15 is 0 Å². The number of hydrogen-bond acceptors (Lipinski definition) is 4. The van der Waals surface area contributed by atoms with Crippen LogP contribution in [-0.4, -0.2) is 50.4 Å². The molecule has 0 spiro atoms. The van der Waals surface area contributed by atoms with Gasteiger partial charge < -0.3 is 19.7 Å². The Morgan fingerprint density at radius 2 is 1.76 bits per heavy atom. The number of rotatable bonds is 11. The van der Waals surface area contributed by atoms with E-state index in [9.17, 15) is 4.79 Å². The lowest BCUT2D eigenvalue weighted by Gasteiger charge is -2.22. The van der Waals surface area contributed by atoms with Crippen LogP contribution in [0.5, 0.6) is 0 Å². The van der Waals surface area contributed by atoms with E-state index in [1.165, 1.54) is 0 Å². The Morgan fingerprint density at radius 3 is 2.28 bits per heavy atom. The van der Waals surface area contributed by atoms with E-state index in [0.717, 1.165) is 5.56 Å². The van der Waals surface area contributed by atoms with Crippen LogP contribution in [-0.2, 0) is 14.3 Å². The minimum atomic E-state index is -0.290. The molecule has 1 N–H and O–H groups in total. The molecular weight excluding hydrogens is 363 g/mol. The van der Waals surface area contributed by atoms with Crippen molar-refractivity contribution in [2.75, 3.05) is 33.4 Å². The van der Waals surface area contributed by atoms with Gasteiger partial charge in [0, 0.05) is 49.0 Å². The Labute approximate surface area is 159 Å². The summed E-state index contributed by atoms with van der Waals surface area (Å²) < 4.78 is 11.0. The summed E-state index contributed by atoms with van der Waals surface area (Å²) in [7, 11) is 1.75. The van der Waals surface area contributed by atoms with E-state index in [0.29, 0.717) is 41.9 Å². The smallest absolute Gasteiger partial charge is 0.241 e. The second-order valence-corrected chi connectivity index (χ2v) is 6.31. The summed E-state index contributed by atoms with van der Waals surface area (Å²) in [6, 6.07) is 5.13. The Balaban J connectivity index is 2.45. The van der Waals surface area contributed by atoms with Gasteiger partial charge in [-0.15, -0.1) is 0 Å². The maximum absolute atomic E-state index is 12.2. The first-order valence-corrected chi connectivity index (χ1v) is 8.99. The van der Waals surface area contributed by atoms with E-state index in [1.807, 2.05) is 13.8 Å². The zero-order chi connectivity index (χ0) is 18.8. The second kappa shape index (κ2) is 11.4. The third-order valence-corrected chi connectivity index (χ3v) is 3.93. The zero-order valence-corrected chi connectivity index (χ0v) is 16.5. The molecule has 1 amide bonds. The van der Waals surface area contributed by atoms with Crippen LogP contribution in [0.3, 0.4) is 0 Å². The minimum Gasteiger partial charge on any atom is -0.376 e. The quantitative estimate of drug-likeness (QED) is 0.585. The lowest BCUT2D eigenvalue weighted by atomic mass is 10.2. The summed E-state index contributed by atoms with van der Waals surface area (Å²) >= 11 is 12.0. The normalized spacial score (nSPS) is 10.8. The van der Waals surface area contributed by atoms with Crippen molar-refractivity contribution in [3.8, 4) is 0 Å². The van der Waals surface area contributed by atoms with Crippen molar-refractivity contribution < 1.29 is 14.3 Å². The van der Waals surface area contributed by atoms with Crippen LogP contribution < -0.4 is 5.32 Å². The number of likely N-dealkylation sites (N-methyl/N-ethyl adjacent to an activating group) is 1. The average Bonchev–Trinajstić information content (AvgIpc) is 2.56. The van der Waals surface area contributed by atoms with Crippen molar-refractivity contribution in [2.45, 2.75) is 26.6 Å². The maximum atomic E-state index is 12.2.